The van der Waals surface area contributed by atoms with Crippen molar-refractivity contribution in [2.24, 2.45) is 0 Å². The zero-order valence-corrected chi connectivity index (χ0v) is 12.8. The molecular formula is C13H12BrZr. The van der Waals surface area contributed by atoms with E-state index in [9.17, 15) is 0 Å². The van der Waals surface area contributed by atoms with E-state index in [0.717, 1.165) is 0 Å². The Balaban J connectivity index is 2.27. The van der Waals surface area contributed by atoms with Crippen LogP contribution >= 0.6 is 15.9 Å². The third-order valence-corrected chi connectivity index (χ3v) is 6.33. The molecule has 0 heterocycles. The average molecular weight is 339 g/mol. The average Bonchev–Trinajstić information content (AvgIpc) is 2.77. The van der Waals surface area contributed by atoms with Crippen molar-refractivity contribution < 1.29 is 24.7 Å². The second-order valence-electron chi connectivity index (χ2n) is 4.51. The summed E-state index contributed by atoms with van der Waals surface area (Å²) < 4.78 is 2.09. The Bertz CT molecular complexity index is 474. The van der Waals surface area contributed by atoms with E-state index in [1.54, 1.807) is 41.4 Å². The predicted octanol–water partition coefficient (Wildman–Crippen LogP) is 3.94. The molecule has 1 aromatic rings. The Hall–Kier alpha value is 0.323. The van der Waals surface area contributed by atoms with E-state index >= 15 is 0 Å². The van der Waals surface area contributed by atoms with E-state index in [4.69, 9.17) is 0 Å². The summed E-state index contributed by atoms with van der Waals surface area (Å²) in [6, 6.07) is 2.47. The van der Waals surface area contributed by atoms with E-state index in [0.29, 0.717) is 3.63 Å². The van der Waals surface area contributed by atoms with Crippen LogP contribution in [0.4, 0.5) is 0 Å². The quantitative estimate of drug-likeness (QED) is 0.672. The summed E-state index contributed by atoms with van der Waals surface area (Å²) in [4.78, 5) is 0. The molecule has 0 nitrogen and oxygen atoms in total. The van der Waals surface area contributed by atoms with E-state index in [-0.39, 0.29) is 0 Å². The minimum atomic E-state index is 0.703. The van der Waals surface area contributed by atoms with Crippen molar-refractivity contribution in [2.45, 2.75) is 29.8 Å². The number of hydrogen-bond donors (Lipinski definition) is 0. The second kappa shape index (κ2) is 3.67. The van der Waals surface area contributed by atoms with Gasteiger partial charge in [-0.2, -0.15) is 0 Å². The summed E-state index contributed by atoms with van der Waals surface area (Å²) in [7, 11) is 0. The van der Waals surface area contributed by atoms with Gasteiger partial charge in [0.05, 0.1) is 0 Å². The molecule has 0 saturated heterocycles. The van der Waals surface area contributed by atoms with E-state index in [2.05, 4.69) is 35.0 Å². The Morgan fingerprint density at radius 3 is 3.00 bits per heavy atom. The first-order valence-electron chi connectivity index (χ1n) is 5.42. The first kappa shape index (κ1) is 10.5. The number of hydrogen-bond acceptors (Lipinski definition) is 0. The molecule has 1 atom stereocenters. The van der Waals surface area contributed by atoms with Crippen LogP contribution in [0.5, 0.6) is 0 Å². The molecule has 0 amide bonds. The van der Waals surface area contributed by atoms with Crippen molar-refractivity contribution in [3.63, 3.8) is 0 Å². The van der Waals surface area contributed by atoms with Gasteiger partial charge >= 0.3 is 115 Å². The van der Waals surface area contributed by atoms with Crippen molar-refractivity contribution in [2.75, 3.05) is 0 Å². The van der Waals surface area contributed by atoms with Crippen molar-refractivity contribution in [1.82, 2.24) is 0 Å². The Morgan fingerprint density at radius 1 is 1.40 bits per heavy atom. The summed E-state index contributed by atoms with van der Waals surface area (Å²) >= 11 is 5.42. The molecule has 2 heteroatoms. The fourth-order valence-corrected chi connectivity index (χ4v) is 4.26. The van der Waals surface area contributed by atoms with Crippen LogP contribution in [-0.4, -0.2) is 0 Å². The SMILES string of the molecule is CC1=Cc2c(cc3c(c2Br)CCC3)[CH]1[Zr]. The molecule has 0 bridgehead atoms. The van der Waals surface area contributed by atoms with Gasteiger partial charge in [0.1, 0.15) is 0 Å². The molecule has 1 unspecified atom stereocenters. The normalized spacial score (nSPS) is 22.5. The van der Waals surface area contributed by atoms with Crippen molar-refractivity contribution >= 4 is 22.0 Å². The third kappa shape index (κ3) is 1.48. The predicted molar refractivity (Wildman–Crippen MR) is 62.6 cm³/mol. The van der Waals surface area contributed by atoms with Gasteiger partial charge in [0.15, 0.2) is 0 Å². The molecule has 15 heavy (non-hydrogen) atoms. The van der Waals surface area contributed by atoms with Gasteiger partial charge in [0.2, 0.25) is 0 Å². The van der Waals surface area contributed by atoms with E-state index in [1.165, 1.54) is 34.9 Å². The van der Waals surface area contributed by atoms with Gasteiger partial charge in [0.25, 0.3) is 0 Å². The zero-order chi connectivity index (χ0) is 10.6. The minimum absolute atomic E-state index is 0.703. The molecule has 0 fully saturated rings. The van der Waals surface area contributed by atoms with Crippen LogP contribution in [0.25, 0.3) is 6.08 Å². The maximum absolute atomic E-state index is 3.80. The van der Waals surface area contributed by atoms with Crippen molar-refractivity contribution in [3.05, 3.63) is 38.4 Å². The third-order valence-electron chi connectivity index (χ3n) is 3.54. The fourth-order valence-electron chi connectivity index (χ4n) is 2.67. The molecular weight excluding hydrogens is 327 g/mol. The fraction of sp³-hybridized carbons (Fsp3) is 0.385. The number of allylic oxidation sites excluding steroid dienone is 1. The van der Waals surface area contributed by atoms with Crippen LogP contribution in [-0.2, 0) is 37.6 Å². The van der Waals surface area contributed by atoms with Gasteiger partial charge in [-0.25, -0.2) is 0 Å². The summed E-state index contributed by atoms with van der Waals surface area (Å²) in [6.45, 7) is 2.26. The summed E-state index contributed by atoms with van der Waals surface area (Å²) in [6.07, 6.45) is 6.25. The van der Waals surface area contributed by atoms with Gasteiger partial charge in [-0.15, -0.1) is 0 Å². The van der Waals surface area contributed by atoms with E-state index in [1.807, 2.05) is 0 Å². The van der Waals surface area contributed by atoms with Gasteiger partial charge in [-0.05, 0) is 0 Å². The molecule has 75 valence electrons. The topological polar surface area (TPSA) is 0 Å². The molecule has 0 N–H and O–H groups in total. The van der Waals surface area contributed by atoms with Gasteiger partial charge in [-0.3, -0.25) is 0 Å². The number of benzene rings is 1. The van der Waals surface area contributed by atoms with Crippen LogP contribution in [0.2, 0.25) is 0 Å². The number of halogens is 1. The second-order valence-corrected chi connectivity index (χ2v) is 6.72. The molecule has 0 aromatic heterocycles. The monoisotopic (exact) mass is 337 g/mol. The first-order chi connectivity index (χ1) is 7.18. The molecule has 2 aliphatic carbocycles. The van der Waals surface area contributed by atoms with Crippen LogP contribution in [0, 0.1) is 0 Å². The van der Waals surface area contributed by atoms with Crippen LogP contribution < -0.4 is 0 Å². The van der Waals surface area contributed by atoms with Crippen LogP contribution in [0.1, 0.15) is 39.2 Å². The summed E-state index contributed by atoms with van der Waals surface area (Å²) in [5, 5.41) is 0. The molecule has 2 aliphatic rings. The van der Waals surface area contributed by atoms with Gasteiger partial charge < -0.3 is 0 Å². The number of fused-ring (bicyclic) bond motifs is 2. The summed E-state index contributed by atoms with van der Waals surface area (Å²) in [5.74, 6) is 0. The Morgan fingerprint density at radius 2 is 2.20 bits per heavy atom. The Kier molecular flexibility index (Phi) is 2.56. The molecule has 0 saturated carbocycles. The van der Waals surface area contributed by atoms with Gasteiger partial charge in [0, 0.05) is 0 Å². The van der Waals surface area contributed by atoms with Gasteiger partial charge in [-0.1, -0.05) is 0 Å². The van der Waals surface area contributed by atoms with Crippen molar-refractivity contribution in [1.29, 1.82) is 0 Å². The molecule has 3 rings (SSSR count). The van der Waals surface area contributed by atoms with Crippen LogP contribution in [0.15, 0.2) is 16.1 Å². The molecule has 0 radical (unpaired) electrons. The zero-order valence-electron chi connectivity index (χ0n) is 8.73. The summed E-state index contributed by atoms with van der Waals surface area (Å²) in [5.41, 5.74) is 7.74. The number of rotatable bonds is 0. The van der Waals surface area contributed by atoms with E-state index < -0.39 is 0 Å². The standard InChI is InChI=1S/C13H12Br.Zr/c1-8-5-10-7-9-3-2-4-11(9)13(14)12(10)6-8;/h5-7H,2-4H2,1H3;. The van der Waals surface area contributed by atoms with Crippen LogP contribution in [0.3, 0.4) is 0 Å². The Labute approximate surface area is 114 Å². The maximum atomic E-state index is 3.80. The molecule has 0 aliphatic heterocycles. The van der Waals surface area contributed by atoms with Crippen molar-refractivity contribution in [3.8, 4) is 0 Å². The molecule has 0 spiro atoms. The first-order valence-corrected chi connectivity index (χ1v) is 7.63. The molecule has 1 aromatic carbocycles. The number of aryl methyl sites for hydroxylation is 1.